The molecule has 1 fully saturated rings. The standard InChI is InChI=1S/C20H24FN3O2S/c1-11-5-4-7-24(12(11)2)19(25)18-13(3)27-20(23-18)22-16-10-17-14(6-8-26-17)9-15(16)21/h9-12H,4-8H2,1-3H3,(H,22,23). The number of nitrogens with one attached hydrogen (secondary N) is 1. The Kier molecular flexibility index (Phi) is 4.80. The van der Waals surface area contributed by atoms with Crippen LogP contribution in [0.4, 0.5) is 15.2 Å². The molecule has 5 nitrogen and oxygen atoms in total. The second-order valence-corrected chi connectivity index (χ2v) is 8.65. The third kappa shape index (κ3) is 3.40. The Morgan fingerprint density at radius 2 is 2.22 bits per heavy atom. The van der Waals surface area contributed by atoms with E-state index in [9.17, 15) is 9.18 Å². The highest BCUT2D eigenvalue weighted by atomic mass is 32.1. The topological polar surface area (TPSA) is 54.5 Å². The third-order valence-electron chi connectivity index (χ3n) is 5.65. The number of halogens is 1. The van der Waals surface area contributed by atoms with Gasteiger partial charge in [-0.3, -0.25) is 4.79 Å². The van der Waals surface area contributed by atoms with Crippen molar-refractivity contribution in [1.29, 1.82) is 0 Å². The molecular formula is C20H24FN3O2S. The van der Waals surface area contributed by atoms with Crippen LogP contribution in [0.25, 0.3) is 0 Å². The smallest absolute Gasteiger partial charge is 0.273 e. The molecule has 2 atom stereocenters. The molecule has 1 aromatic carbocycles. The number of fused-ring (bicyclic) bond motifs is 1. The molecule has 0 saturated carbocycles. The largest absolute Gasteiger partial charge is 0.493 e. The molecule has 3 heterocycles. The van der Waals surface area contributed by atoms with E-state index >= 15 is 0 Å². The van der Waals surface area contributed by atoms with Crippen LogP contribution in [0, 0.1) is 18.7 Å². The molecule has 1 N–H and O–H groups in total. The van der Waals surface area contributed by atoms with Gasteiger partial charge in [0, 0.05) is 35.5 Å². The Hall–Kier alpha value is -2.15. The highest BCUT2D eigenvalue weighted by molar-refractivity contribution is 7.15. The number of hydrogen-bond donors (Lipinski definition) is 1. The van der Waals surface area contributed by atoms with Crippen LogP contribution >= 0.6 is 11.3 Å². The Morgan fingerprint density at radius 3 is 3.04 bits per heavy atom. The van der Waals surface area contributed by atoms with Crippen LogP contribution in [0.2, 0.25) is 0 Å². The fraction of sp³-hybridized carbons (Fsp3) is 0.500. The van der Waals surface area contributed by atoms with Crippen molar-refractivity contribution in [2.75, 3.05) is 18.5 Å². The van der Waals surface area contributed by atoms with Gasteiger partial charge in [-0.2, -0.15) is 0 Å². The first-order valence-electron chi connectivity index (χ1n) is 9.44. The Labute approximate surface area is 162 Å². The van der Waals surface area contributed by atoms with E-state index in [4.69, 9.17) is 4.74 Å². The summed E-state index contributed by atoms with van der Waals surface area (Å²) in [5, 5.41) is 3.54. The molecule has 144 valence electrons. The second-order valence-electron chi connectivity index (χ2n) is 7.45. The molecule has 4 rings (SSSR count). The summed E-state index contributed by atoms with van der Waals surface area (Å²) in [4.78, 5) is 20.3. The second kappa shape index (κ2) is 7.11. The highest BCUT2D eigenvalue weighted by Gasteiger charge is 2.31. The molecule has 0 aliphatic carbocycles. The number of benzene rings is 1. The SMILES string of the molecule is Cc1sc(Nc2cc3c(cc2F)CCO3)nc1C(=O)N1CCCC(C)C1C. The van der Waals surface area contributed by atoms with Gasteiger partial charge < -0.3 is 15.0 Å². The van der Waals surface area contributed by atoms with Gasteiger partial charge >= 0.3 is 0 Å². The van der Waals surface area contributed by atoms with Crippen molar-refractivity contribution in [3.8, 4) is 5.75 Å². The summed E-state index contributed by atoms with van der Waals surface area (Å²) in [6.45, 7) is 7.52. The van der Waals surface area contributed by atoms with E-state index < -0.39 is 0 Å². The van der Waals surface area contributed by atoms with Gasteiger partial charge in [0.1, 0.15) is 17.3 Å². The van der Waals surface area contributed by atoms with Gasteiger partial charge in [-0.05, 0) is 38.7 Å². The first-order valence-corrected chi connectivity index (χ1v) is 10.3. The van der Waals surface area contributed by atoms with Crippen molar-refractivity contribution in [3.63, 3.8) is 0 Å². The number of rotatable bonds is 3. The van der Waals surface area contributed by atoms with Crippen molar-refractivity contribution in [2.24, 2.45) is 5.92 Å². The van der Waals surface area contributed by atoms with Gasteiger partial charge in [-0.15, -0.1) is 11.3 Å². The summed E-state index contributed by atoms with van der Waals surface area (Å²) in [6, 6.07) is 3.38. The number of likely N-dealkylation sites (tertiary alicyclic amines) is 1. The number of amides is 1. The van der Waals surface area contributed by atoms with Gasteiger partial charge in [0.2, 0.25) is 0 Å². The molecule has 27 heavy (non-hydrogen) atoms. The fourth-order valence-corrected chi connectivity index (χ4v) is 4.63. The monoisotopic (exact) mass is 389 g/mol. The van der Waals surface area contributed by atoms with Crippen LogP contribution in [-0.2, 0) is 6.42 Å². The van der Waals surface area contributed by atoms with E-state index in [-0.39, 0.29) is 17.8 Å². The van der Waals surface area contributed by atoms with Crippen LogP contribution in [-0.4, -0.2) is 35.0 Å². The lowest BCUT2D eigenvalue weighted by molar-refractivity contribution is 0.0545. The van der Waals surface area contributed by atoms with Gasteiger partial charge in [0.15, 0.2) is 5.13 Å². The van der Waals surface area contributed by atoms with E-state index in [1.54, 1.807) is 6.07 Å². The maximum atomic E-state index is 14.4. The number of carbonyl (C=O) groups excluding carboxylic acids is 1. The molecular weight excluding hydrogens is 365 g/mol. The number of thiazole rings is 1. The van der Waals surface area contributed by atoms with E-state index in [1.807, 2.05) is 11.8 Å². The maximum absolute atomic E-state index is 14.4. The molecule has 2 aliphatic rings. The highest BCUT2D eigenvalue weighted by Crippen LogP contribution is 2.34. The zero-order chi connectivity index (χ0) is 19.1. The molecule has 0 bridgehead atoms. The van der Waals surface area contributed by atoms with Crippen LogP contribution in [0.3, 0.4) is 0 Å². The van der Waals surface area contributed by atoms with E-state index in [0.29, 0.717) is 34.8 Å². The van der Waals surface area contributed by atoms with Crippen molar-refractivity contribution >= 4 is 28.1 Å². The molecule has 1 aromatic heterocycles. The van der Waals surface area contributed by atoms with E-state index in [0.717, 1.165) is 36.2 Å². The molecule has 1 amide bonds. The Bertz CT molecular complexity index is 882. The maximum Gasteiger partial charge on any atom is 0.273 e. The van der Waals surface area contributed by atoms with Gasteiger partial charge in [0.05, 0.1) is 12.3 Å². The lowest BCUT2D eigenvalue weighted by atomic mass is 9.92. The van der Waals surface area contributed by atoms with Crippen LogP contribution in [0.1, 0.15) is 47.6 Å². The summed E-state index contributed by atoms with van der Waals surface area (Å²) in [7, 11) is 0. The van der Waals surface area contributed by atoms with Crippen molar-refractivity contribution in [1.82, 2.24) is 9.88 Å². The zero-order valence-electron chi connectivity index (χ0n) is 15.8. The molecule has 0 spiro atoms. The van der Waals surface area contributed by atoms with Crippen LogP contribution < -0.4 is 10.1 Å². The lowest BCUT2D eigenvalue weighted by Gasteiger charge is -2.37. The molecule has 1 saturated heterocycles. The minimum absolute atomic E-state index is 0.0337. The lowest BCUT2D eigenvalue weighted by Crippen LogP contribution is -2.46. The van der Waals surface area contributed by atoms with Gasteiger partial charge in [-0.1, -0.05) is 6.92 Å². The average Bonchev–Trinajstić information content (AvgIpc) is 3.23. The number of anilines is 2. The van der Waals surface area contributed by atoms with E-state index in [2.05, 4.69) is 24.1 Å². The van der Waals surface area contributed by atoms with Crippen LogP contribution in [0.15, 0.2) is 12.1 Å². The van der Waals surface area contributed by atoms with Crippen molar-refractivity contribution in [3.05, 3.63) is 34.1 Å². The molecule has 2 aromatic rings. The van der Waals surface area contributed by atoms with Crippen molar-refractivity contribution < 1.29 is 13.9 Å². The molecule has 7 heteroatoms. The minimum atomic E-state index is -0.335. The quantitative estimate of drug-likeness (QED) is 0.838. The molecule has 2 aliphatic heterocycles. The fourth-order valence-electron chi connectivity index (χ4n) is 3.81. The molecule has 0 radical (unpaired) electrons. The van der Waals surface area contributed by atoms with Crippen molar-refractivity contribution in [2.45, 2.75) is 46.1 Å². The summed E-state index contributed by atoms with van der Waals surface area (Å²) < 4.78 is 19.9. The predicted octanol–water partition coefficient (Wildman–Crippen LogP) is 4.53. The third-order valence-corrected chi connectivity index (χ3v) is 6.54. The summed E-state index contributed by atoms with van der Waals surface area (Å²) in [5.74, 6) is 0.825. The Balaban J connectivity index is 1.56. The summed E-state index contributed by atoms with van der Waals surface area (Å²) in [6.07, 6.45) is 2.90. The number of aryl methyl sites for hydroxylation is 1. The van der Waals surface area contributed by atoms with E-state index in [1.165, 1.54) is 17.4 Å². The number of piperidine rings is 1. The first-order chi connectivity index (χ1) is 12.9. The number of nitrogens with zero attached hydrogens (tertiary/aromatic N) is 2. The predicted molar refractivity (Wildman–Crippen MR) is 105 cm³/mol. The average molecular weight is 389 g/mol. The zero-order valence-corrected chi connectivity index (χ0v) is 16.7. The summed E-state index contributed by atoms with van der Waals surface area (Å²) >= 11 is 1.37. The van der Waals surface area contributed by atoms with Crippen LogP contribution in [0.5, 0.6) is 5.75 Å². The Morgan fingerprint density at radius 1 is 1.41 bits per heavy atom. The number of hydrogen-bond acceptors (Lipinski definition) is 5. The number of aromatic nitrogens is 1. The first kappa shape index (κ1) is 18.2. The molecule has 2 unspecified atom stereocenters. The number of ether oxygens (including phenoxy) is 1. The minimum Gasteiger partial charge on any atom is -0.493 e. The normalized spacial score (nSPS) is 21.7. The number of carbonyl (C=O) groups is 1. The summed E-state index contributed by atoms with van der Waals surface area (Å²) in [5.41, 5.74) is 1.67. The van der Waals surface area contributed by atoms with Gasteiger partial charge in [-0.25, -0.2) is 9.37 Å². The van der Waals surface area contributed by atoms with Gasteiger partial charge in [0.25, 0.3) is 5.91 Å².